The highest BCUT2D eigenvalue weighted by atomic mass is 15.3. The number of aromatic nitrogens is 2. The van der Waals surface area contributed by atoms with Crippen molar-refractivity contribution < 1.29 is 4.58 Å². The number of nitrogens with one attached hydrogen (secondary N) is 1. The highest BCUT2D eigenvalue weighted by Crippen LogP contribution is 2.21. The Hall–Kier alpha value is -2.20. The summed E-state index contributed by atoms with van der Waals surface area (Å²) >= 11 is 0. The zero-order chi connectivity index (χ0) is 18.2. The van der Waals surface area contributed by atoms with Crippen LogP contribution in [0.3, 0.4) is 0 Å². The number of piperidine rings is 1. The summed E-state index contributed by atoms with van der Waals surface area (Å²) in [6, 6.07) is 0.502. The summed E-state index contributed by atoms with van der Waals surface area (Å²) in [5, 5.41) is 7.97. The highest BCUT2D eigenvalue weighted by molar-refractivity contribution is 5.74. The molecule has 134 valence electrons. The Kier molecular flexibility index (Phi) is 7.14. The Bertz CT molecular complexity index is 693. The van der Waals surface area contributed by atoms with E-state index < -0.39 is 0 Å². The molecule has 0 spiro atoms. The van der Waals surface area contributed by atoms with Crippen LogP contribution in [-0.2, 0) is 0 Å². The van der Waals surface area contributed by atoms with Gasteiger partial charge in [-0.25, -0.2) is 4.58 Å². The highest BCUT2D eigenvalue weighted by Gasteiger charge is 2.15. The Balaban J connectivity index is 2.08. The molecule has 4 nitrogen and oxygen atoms in total. The Labute approximate surface area is 151 Å². The summed E-state index contributed by atoms with van der Waals surface area (Å²) in [5.41, 5.74) is 4.71. The Morgan fingerprint density at radius 2 is 2.04 bits per heavy atom. The first kappa shape index (κ1) is 19.1. The number of hydrogen-bond acceptors (Lipinski definition) is 2. The van der Waals surface area contributed by atoms with Gasteiger partial charge in [-0.2, -0.15) is 5.10 Å². The third-order valence-corrected chi connectivity index (χ3v) is 4.28. The third-order valence-electron chi connectivity index (χ3n) is 4.28. The summed E-state index contributed by atoms with van der Waals surface area (Å²) in [6.07, 6.45) is 14.6. The van der Waals surface area contributed by atoms with Crippen molar-refractivity contribution >= 4 is 12.3 Å². The van der Waals surface area contributed by atoms with Crippen molar-refractivity contribution in [2.75, 3.05) is 19.6 Å². The van der Waals surface area contributed by atoms with Gasteiger partial charge < -0.3 is 5.32 Å². The first-order valence-corrected chi connectivity index (χ1v) is 8.97. The Morgan fingerprint density at radius 1 is 1.32 bits per heavy atom. The van der Waals surface area contributed by atoms with Gasteiger partial charge in [-0.3, -0.25) is 4.68 Å². The van der Waals surface area contributed by atoms with Crippen LogP contribution in [0.1, 0.15) is 45.2 Å². The molecule has 1 aliphatic heterocycles. The van der Waals surface area contributed by atoms with Crippen LogP contribution < -0.4 is 5.32 Å². The minimum atomic E-state index is 0.502. The lowest BCUT2D eigenvalue weighted by atomic mass is 10.1. The summed E-state index contributed by atoms with van der Waals surface area (Å²) in [7, 11) is 0. The molecule has 2 rings (SSSR count). The van der Waals surface area contributed by atoms with E-state index in [4.69, 9.17) is 0 Å². The van der Waals surface area contributed by atoms with Gasteiger partial charge >= 0.3 is 0 Å². The van der Waals surface area contributed by atoms with Gasteiger partial charge in [0, 0.05) is 11.8 Å². The van der Waals surface area contributed by atoms with Gasteiger partial charge in [-0.15, -0.1) is 0 Å². The molecule has 25 heavy (non-hydrogen) atoms. The van der Waals surface area contributed by atoms with Crippen LogP contribution in [0.2, 0.25) is 0 Å². The lowest BCUT2D eigenvalue weighted by Crippen LogP contribution is -2.29. The van der Waals surface area contributed by atoms with Gasteiger partial charge in [0.15, 0.2) is 12.7 Å². The maximum absolute atomic E-state index is 4.57. The van der Waals surface area contributed by atoms with Crippen LogP contribution in [0.15, 0.2) is 54.5 Å². The molecule has 1 aliphatic rings. The van der Waals surface area contributed by atoms with Crippen molar-refractivity contribution in [2.24, 2.45) is 0 Å². The van der Waals surface area contributed by atoms with E-state index in [9.17, 15) is 0 Å². The molecule has 0 saturated carbocycles. The van der Waals surface area contributed by atoms with Crippen molar-refractivity contribution in [1.29, 1.82) is 0 Å². The largest absolute Gasteiger partial charge is 0.317 e. The molecule has 0 aliphatic carbocycles. The molecule has 1 saturated heterocycles. The van der Waals surface area contributed by atoms with Crippen molar-refractivity contribution in [2.45, 2.75) is 39.7 Å². The number of rotatable bonds is 7. The van der Waals surface area contributed by atoms with Crippen molar-refractivity contribution in [3.05, 3.63) is 60.1 Å². The van der Waals surface area contributed by atoms with Crippen molar-refractivity contribution in [3.8, 4) is 0 Å². The van der Waals surface area contributed by atoms with Gasteiger partial charge in [0.2, 0.25) is 0 Å². The van der Waals surface area contributed by atoms with Gasteiger partial charge in [-0.1, -0.05) is 24.8 Å². The number of hydrogen-bond donors (Lipinski definition) is 1. The van der Waals surface area contributed by atoms with Gasteiger partial charge in [0.1, 0.15) is 6.72 Å². The van der Waals surface area contributed by atoms with Crippen LogP contribution in [0.5, 0.6) is 0 Å². The van der Waals surface area contributed by atoms with E-state index in [1.165, 1.54) is 11.1 Å². The molecule has 0 unspecified atom stereocenters. The predicted octanol–water partition coefficient (Wildman–Crippen LogP) is 3.96. The summed E-state index contributed by atoms with van der Waals surface area (Å²) in [5.74, 6) is 0. The average Bonchev–Trinajstić information content (AvgIpc) is 3.05. The third kappa shape index (κ3) is 5.98. The monoisotopic (exact) mass is 339 g/mol. The second kappa shape index (κ2) is 9.33. The zero-order valence-electron chi connectivity index (χ0n) is 15.8. The fourth-order valence-electron chi connectivity index (χ4n) is 3.06. The number of allylic oxidation sites excluding steroid dienone is 5. The van der Waals surface area contributed by atoms with Crippen molar-refractivity contribution in [1.82, 2.24) is 15.1 Å². The molecule has 1 N–H and O–H groups in total. The minimum absolute atomic E-state index is 0.502. The van der Waals surface area contributed by atoms with Crippen LogP contribution in [-0.4, -0.2) is 40.7 Å². The normalized spacial score (nSPS) is 16.6. The average molecular weight is 340 g/mol. The maximum atomic E-state index is 4.57. The second-order valence-electron chi connectivity index (χ2n) is 6.98. The quantitative estimate of drug-likeness (QED) is 0.463. The first-order chi connectivity index (χ1) is 12.0. The van der Waals surface area contributed by atoms with E-state index in [-0.39, 0.29) is 0 Å². The molecule has 0 bridgehead atoms. The van der Waals surface area contributed by atoms with Crippen LogP contribution in [0, 0.1) is 0 Å². The van der Waals surface area contributed by atoms with Gasteiger partial charge in [0.25, 0.3) is 0 Å². The van der Waals surface area contributed by atoms with Crippen LogP contribution in [0.4, 0.5) is 0 Å². The zero-order valence-corrected chi connectivity index (χ0v) is 15.8. The topological polar surface area (TPSA) is 32.9 Å². The lowest BCUT2D eigenvalue weighted by Gasteiger charge is -2.22. The first-order valence-electron chi connectivity index (χ1n) is 8.97. The molecule has 2 heterocycles. The molecular weight excluding hydrogens is 308 g/mol. The molecule has 1 fully saturated rings. The smallest absolute Gasteiger partial charge is 0.169 e. The summed E-state index contributed by atoms with van der Waals surface area (Å²) in [6.45, 7) is 17.2. The molecule has 0 radical (unpaired) electrons. The molecular formula is C21H31N4+. The maximum Gasteiger partial charge on any atom is 0.169 e. The summed E-state index contributed by atoms with van der Waals surface area (Å²) in [4.78, 5) is 0. The minimum Gasteiger partial charge on any atom is -0.317 e. The van der Waals surface area contributed by atoms with E-state index in [2.05, 4.69) is 73.7 Å². The van der Waals surface area contributed by atoms with E-state index >= 15 is 0 Å². The van der Waals surface area contributed by atoms with Crippen LogP contribution >= 0.6 is 0 Å². The Morgan fingerprint density at radius 3 is 2.68 bits per heavy atom. The second-order valence-corrected chi connectivity index (χ2v) is 6.98. The molecule has 0 aromatic carbocycles. The van der Waals surface area contributed by atoms with E-state index in [1.54, 1.807) is 0 Å². The lowest BCUT2D eigenvalue weighted by molar-refractivity contribution is -0.439. The standard InChI is InChI=1S/C21H31N4/c1-6-19(8-7-18(4)15-24(5)14-17(2)3)20-13-23-25(16-20)21-9-11-22-12-10-21/h6-8,13-14,16,21-22H,1,5,9-12,15H2,2-4H3/q+1/b18-7+,19-8+. The van der Waals surface area contributed by atoms with Crippen molar-refractivity contribution in [3.63, 3.8) is 0 Å². The summed E-state index contributed by atoms with van der Waals surface area (Å²) < 4.78 is 4.06. The van der Waals surface area contributed by atoms with Gasteiger partial charge in [-0.05, 0) is 63.4 Å². The molecule has 0 atom stereocenters. The fraction of sp³-hybridized carbons (Fsp3) is 0.429. The van der Waals surface area contributed by atoms with E-state index in [0.29, 0.717) is 6.04 Å². The predicted molar refractivity (Wildman–Crippen MR) is 107 cm³/mol. The van der Waals surface area contributed by atoms with E-state index in [0.717, 1.165) is 43.6 Å². The molecule has 4 heteroatoms. The fourth-order valence-corrected chi connectivity index (χ4v) is 3.06. The molecule has 0 amide bonds. The number of nitrogens with zero attached hydrogens (tertiary/aromatic N) is 3. The molecule has 1 aromatic rings. The van der Waals surface area contributed by atoms with Gasteiger partial charge in [0.05, 0.1) is 12.2 Å². The molecule has 1 aromatic heterocycles. The van der Waals surface area contributed by atoms with Crippen LogP contribution in [0.25, 0.3) is 5.57 Å². The van der Waals surface area contributed by atoms with E-state index in [1.807, 2.05) is 16.8 Å². The SMILES string of the molecule is C=C/C(=C\C=C(/C)C[N+](=C)C=C(C)C)c1cnn(C2CCNCC2)c1.